The van der Waals surface area contributed by atoms with Gasteiger partial charge in [-0.05, 0) is 23.6 Å². The normalized spacial score (nSPS) is 11.0. The molecule has 3 rings (SSSR count). The van der Waals surface area contributed by atoms with Crippen molar-refractivity contribution < 1.29 is 4.42 Å². The Kier molecular flexibility index (Phi) is 2.15. The number of hydrogen-bond acceptors (Lipinski definition) is 3. The highest BCUT2D eigenvalue weighted by Crippen LogP contribution is 2.15. The fraction of sp³-hybridized carbons (Fsp3) is 0.0833. The van der Waals surface area contributed by atoms with Crippen LogP contribution in [0.25, 0.3) is 11.1 Å². The average Bonchev–Trinajstić information content (AvgIpc) is 2.89. The van der Waals surface area contributed by atoms with Crippen LogP contribution in [0.2, 0.25) is 0 Å². The lowest BCUT2D eigenvalue weighted by molar-refractivity contribution is 0.518. The summed E-state index contributed by atoms with van der Waals surface area (Å²) in [5.41, 5.74) is 1.49. The average molecular weight is 231 g/mol. The van der Waals surface area contributed by atoms with Crippen LogP contribution in [0.3, 0.4) is 0 Å². The molecule has 1 aromatic carbocycles. The molecule has 2 heterocycles. The van der Waals surface area contributed by atoms with Gasteiger partial charge in [-0.1, -0.05) is 18.2 Å². The molecule has 0 saturated carbocycles. The smallest absolute Gasteiger partial charge is 0.408 e. The Hall–Kier alpha value is -1.81. The van der Waals surface area contributed by atoms with E-state index in [-0.39, 0.29) is 5.76 Å². The number of hydrogen-bond donors (Lipinski definition) is 0. The van der Waals surface area contributed by atoms with Gasteiger partial charge in [0.2, 0.25) is 0 Å². The molecule has 4 heteroatoms. The van der Waals surface area contributed by atoms with Gasteiger partial charge in [0.25, 0.3) is 0 Å². The summed E-state index contributed by atoms with van der Waals surface area (Å²) in [4.78, 5) is 12.8. The summed E-state index contributed by atoms with van der Waals surface area (Å²) in [6.45, 7) is 0.577. The van der Waals surface area contributed by atoms with Crippen LogP contribution in [0.15, 0.2) is 51.0 Å². The van der Waals surface area contributed by atoms with Crippen molar-refractivity contribution in [2.24, 2.45) is 0 Å². The van der Waals surface area contributed by atoms with Gasteiger partial charge in [0.15, 0.2) is 5.58 Å². The van der Waals surface area contributed by atoms with E-state index in [4.69, 9.17) is 4.42 Å². The third-order valence-electron chi connectivity index (χ3n) is 2.47. The first-order chi connectivity index (χ1) is 7.84. The number of nitrogens with zero attached hydrogens (tertiary/aromatic N) is 1. The van der Waals surface area contributed by atoms with Gasteiger partial charge in [0.05, 0.1) is 12.1 Å². The second-order valence-corrected chi connectivity index (χ2v) is 4.53. The predicted molar refractivity (Wildman–Crippen MR) is 63.9 cm³/mol. The fourth-order valence-electron chi connectivity index (χ4n) is 1.72. The van der Waals surface area contributed by atoms with E-state index in [1.807, 2.05) is 41.8 Å². The molecule has 0 spiro atoms. The standard InChI is InChI=1S/C12H9NO2S/c14-12-13(8-9-4-3-7-16-9)10-5-1-2-6-11(10)15-12/h1-7H,8H2. The predicted octanol–water partition coefficient (Wildman–Crippen LogP) is 2.70. The molecule has 0 aliphatic carbocycles. The molecule has 0 amide bonds. The minimum atomic E-state index is -0.297. The van der Waals surface area contributed by atoms with Crippen LogP contribution in [-0.4, -0.2) is 4.57 Å². The van der Waals surface area contributed by atoms with Gasteiger partial charge in [-0.2, -0.15) is 0 Å². The van der Waals surface area contributed by atoms with Crippen LogP contribution < -0.4 is 5.76 Å². The summed E-state index contributed by atoms with van der Waals surface area (Å²) in [5, 5.41) is 2.00. The maximum absolute atomic E-state index is 11.7. The first-order valence-electron chi connectivity index (χ1n) is 4.95. The molecule has 0 saturated heterocycles. The third-order valence-corrected chi connectivity index (χ3v) is 3.33. The molecule has 0 aliphatic heterocycles. The second-order valence-electron chi connectivity index (χ2n) is 3.50. The van der Waals surface area contributed by atoms with Gasteiger partial charge < -0.3 is 4.42 Å². The molecule has 0 N–H and O–H groups in total. The lowest BCUT2D eigenvalue weighted by Gasteiger charge is -1.98. The van der Waals surface area contributed by atoms with Crippen molar-refractivity contribution >= 4 is 22.4 Å². The molecule has 0 radical (unpaired) electrons. The van der Waals surface area contributed by atoms with Gasteiger partial charge in [-0.25, -0.2) is 4.79 Å². The van der Waals surface area contributed by atoms with E-state index < -0.39 is 0 Å². The number of fused-ring (bicyclic) bond motifs is 1. The van der Waals surface area contributed by atoms with Gasteiger partial charge in [0.1, 0.15) is 0 Å². The third kappa shape index (κ3) is 1.47. The van der Waals surface area contributed by atoms with Crippen LogP contribution >= 0.6 is 11.3 Å². The molecule has 2 aromatic heterocycles. The maximum Gasteiger partial charge on any atom is 0.420 e. The van der Waals surface area contributed by atoms with Crippen LogP contribution in [0.1, 0.15) is 4.88 Å². The minimum Gasteiger partial charge on any atom is -0.408 e. The number of thiophene rings is 1. The largest absolute Gasteiger partial charge is 0.420 e. The maximum atomic E-state index is 11.7. The zero-order chi connectivity index (χ0) is 11.0. The van der Waals surface area contributed by atoms with Crippen LogP contribution in [0.5, 0.6) is 0 Å². The summed E-state index contributed by atoms with van der Waals surface area (Å²) >= 11 is 1.64. The molecule has 3 nitrogen and oxygen atoms in total. The quantitative estimate of drug-likeness (QED) is 0.679. The van der Waals surface area contributed by atoms with Crippen LogP contribution in [0.4, 0.5) is 0 Å². The van der Waals surface area contributed by atoms with E-state index in [2.05, 4.69) is 0 Å². The SMILES string of the molecule is O=c1oc2ccccc2n1Cc1cccs1. The molecule has 0 bridgehead atoms. The number of benzene rings is 1. The summed E-state index contributed by atoms with van der Waals surface area (Å²) in [7, 11) is 0. The summed E-state index contributed by atoms with van der Waals surface area (Å²) < 4.78 is 6.81. The van der Waals surface area contributed by atoms with Gasteiger partial charge >= 0.3 is 5.76 Å². The van der Waals surface area contributed by atoms with E-state index in [0.29, 0.717) is 12.1 Å². The van der Waals surface area contributed by atoms with Crippen molar-refractivity contribution in [1.29, 1.82) is 0 Å². The molecule has 3 aromatic rings. The first kappa shape index (κ1) is 9.42. The van der Waals surface area contributed by atoms with E-state index in [1.165, 1.54) is 0 Å². The Morgan fingerprint density at radius 2 is 2.06 bits per heavy atom. The van der Waals surface area contributed by atoms with Gasteiger partial charge in [-0.15, -0.1) is 11.3 Å². The lowest BCUT2D eigenvalue weighted by atomic mass is 10.3. The highest BCUT2D eigenvalue weighted by Gasteiger charge is 2.08. The topological polar surface area (TPSA) is 35.1 Å². The van der Waals surface area contributed by atoms with Crippen molar-refractivity contribution in [3.05, 3.63) is 57.2 Å². The molecule has 0 aliphatic rings. The highest BCUT2D eigenvalue weighted by atomic mass is 32.1. The molecule has 0 atom stereocenters. The van der Waals surface area contributed by atoms with Crippen molar-refractivity contribution in [2.75, 3.05) is 0 Å². The first-order valence-corrected chi connectivity index (χ1v) is 5.83. The Bertz CT molecular complexity index is 664. The zero-order valence-electron chi connectivity index (χ0n) is 8.42. The Morgan fingerprint density at radius 3 is 2.88 bits per heavy atom. The van der Waals surface area contributed by atoms with E-state index >= 15 is 0 Å². The number of oxazole rings is 1. The van der Waals surface area contributed by atoms with Crippen LogP contribution in [-0.2, 0) is 6.54 Å². The van der Waals surface area contributed by atoms with Crippen molar-refractivity contribution in [3.63, 3.8) is 0 Å². The fourth-order valence-corrected chi connectivity index (χ4v) is 2.41. The summed E-state index contributed by atoms with van der Waals surface area (Å²) in [6.07, 6.45) is 0. The summed E-state index contributed by atoms with van der Waals surface area (Å²) in [6, 6.07) is 11.5. The molecule has 16 heavy (non-hydrogen) atoms. The Morgan fingerprint density at radius 1 is 1.19 bits per heavy atom. The Balaban J connectivity index is 2.16. The number of para-hydroxylation sites is 2. The monoisotopic (exact) mass is 231 g/mol. The molecular weight excluding hydrogens is 222 g/mol. The number of rotatable bonds is 2. The second kappa shape index (κ2) is 3.64. The van der Waals surface area contributed by atoms with E-state index in [0.717, 1.165) is 10.4 Å². The minimum absolute atomic E-state index is 0.297. The Labute approximate surface area is 95.6 Å². The van der Waals surface area contributed by atoms with Crippen molar-refractivity contribution in [3.8, 4) is 0 Å². The van der Waals surface area contributed by atoms with Crippen molar-refractivity contribution in [2.45, 2.75) is 6.54 Å². The molecular formula is C12H9NO2S. The zero-order valence-corrected chi connectivity index (χ0v) is 9.24. The van der Waals surface area contributed by atoms with Crippen molar-refractivity contribution in [1.82, 2.24) is 4.57 Å². The van der Waals surface area contributed by atoms with E-state index in [9.17, 15) is 4.79 Å². The summed E-state index contributed by atoms with van der Waals surface area (Å²) in [5.74, 6) is -0.297. The number of aromatic nitrogens is 1. The highest BCUT2D eigenvalue weighted by molar-refractivity contribution is 7.09. The van der Waals surface area contributed by atoms with E-state index in [1.54, 1.807) is 15.9 Å². The van der Waals surface area contributed by atoms with Gasteiger partial charge in [-0.3, -0.25) is 4.57 Å². The van der Waals surface area contributed by atoms with Crippen LogP contribution in [0, 0.1) is 0 Å². The molecule has 0 unspecified atom stereocenters. The molecule has 80 valence electrons. The van der Waals surface area contributed by atoms with Gasteiger partial charge in [0, 0.05) is 4.88 Å². The lowest BCUT2D eigenvalue weighted by Crippen LogP contribution is -2.14. The molecule has 0 fully saturated rings.